The minimum atomic E-state index is -1.13. The predicted octanol–water partition coefficient (Wildman–Crippen LogP) is 13.4. The van der Waals surface area contributed by atoms with E-state index in [1.54, 1.807) is 0 Å². The molecular weight excluding hydrogens is 631 g/mol. The Labute approximate surface area is 319 Å². The number of aliphatic hydroxyl groups is 3. The van der Waals surface area contributed by atoms with Crippen molar-refractivity contribution in [2.75, 3.05) is 6.61 Å². The second kappa shape index (κ2) is 42.1. The second-order valence-electron chi connectivity index (χ2n) is 16.3. The van der Waals surface area contributed by atoms with Crippen molar-refractivity contribution in [1.29, 1.82) is 0 Å². The van der Waals surface area contributed by atoms with E-state index in [0.717, 1.165) is 38.5 Å². The highest BCUT2D eigenvalue weighted by atomic mass is 16.3. The monoisotopic (exact) mass is 724 g/mol. The molecule has 51 heavy (non-hydrogen) atoms. The molecule has 0 aliphatic carbocycles. The zero-order valence-electron chi connectivity index (χ0n) is 34.8. The van der Waals surface area contributed by atoms with Gasteiger partial charge < -0.3 is 20.6 Å². The van der Waals surface area contributed by atoms with Crippen LogP contribution in [0.3, 0.4) is 0 Å². The van der Waals surface area contributed by atoms with Crippen molar-refractivity contribution >= 4 is 5.91 Å². The lowest BCUT2D eigenvalue weighted by Gasteiger charge is -2.26. The number of rotatable bonds is 43. The summed E-state index contributed by atoms with van der Waals surface area (Å²) in [6.07, 6.45) is 48.0. The summed E-state index contributed by atoms with van der Waals surface area (Å²) in [6, 6.07) is -0.802. The van der Waals surface area contributed by atoms with Crippen LogP contribution in [-0.4, -0.2) is 46.1 Å². The van der Waals surface area contributed by atoms with Crippen LogP contribution in [0.4, 0.5) is 0 Å². The molecule has 0 fully saturated rings. The molecule has 1 amide bonds. The molecule has 0 aliphatic rings. The molecule has 306 valence electrons. The van der Waals surface area contributed by atoms with E-state index in [0.29, 0.717) is 12.8 Å². The third kappa shape index (κ3) is 37.5. The molecule has 3 atom stereocenters. The van der Waals surface area contributed by atoms with Gasteiger partial charge in [0, 0.05) is 6.42 Å². The van der Waals surface area contributed by atoms with E-state index in [1.165, 1.54) is 199 Å². The summed E-state index contributed by atoms with van der Waals surface area (Å²) in [5.41, 5.74) is 0. The van der Waals surface area contributed by atoms with Crippen molar-refractivity contribution < 1.29 is 20.1 Å². The van der Waals surface area contributed by atoms with Gasteiger partial charge >= 0.3 is 0 Å². The molecule has 0 bridgehead atoms. The van der Waals surface area contributed by atoms with Gasteiger partial charge in [-0.3, -0.25) is 4.79 Å². The number of carbonyl (C=O) groups excluding carboxylic acids is 1. The van der Waals surface area contributed by atoms with Crippen LogP contribution in [0.15, 0.2) is 0 Å². The number of amides is 1. The maximum atomic E-state index is 12.4. The van der Waals surface area contributed by atoms with E-state index in [-0.39, 0.29) is 12.5 Å². The minimum Gasteiger partial charge on any atom is -0.394 e. The maximum absolute atomic E-state index is 12.4. The van der Waals surface area contributed by atoms with Crippen molar-refractivity contribution in [3.63, 3.8) is 0 Å². The molecule has 5 nitrogen and oxygen atoms in total. The number of nitrogens with one attached hydrogen (secondary N) is 1. The first kappa shape index (κ1) is 50.4. The fraction of sp³-hybridized carbons (Fsp3) is 0.978. The van der Waals surface area contributed by atoms with E-state index >= 15 is 0 Å². The summed E-state index contributed by atoms with van der Waals surface area (Å²) < 4.78 is 0. The fourth-order valence-electron chi connectivity index (χ4n) is 7.58. The Bertz CT molecular complexity index is 674. The summed E-state index contributed by atoms with van der Waals surface area (Å²) in [5, 5.41) is 33.5. The smallest absolute Gasteiger partial charge is 0.220 e. The molecule has 0 saturated heterocycles. The van der Waals surface area contributed by atoms with E-state index < -0.39 is 18.2 Å². The van der Waals surface area contributed by atoms with Gasteiger partial charge in [-0.15, -0.1) is 0 Å². The first-order chi connectivity index (χ1) is 25.1. The molecule has 0 aromatic rings. The van der Waals surface area contributed by atoms with E-state index in [9.17, 15) is 20.1 Å². The Morgan fingerprint density at radius 1 is 0.412 bits per heavy atom. The van der Waals surface area contributed by atoms with Crippen LogP contribution in [0.1, 0.15) is 264 Å². The molecule has 5 heteroatoms. The van der Waals surface area contributed by atoms with Gasteiger partial charge in [0.2, 0.25) is 5.91 Å². The molecule has 0 rings (SSSR count). The standard InChI is InChI=1S/C46H93NO4/c1-3-5-7-9-11-13-15-16-17-18-19-20-21-22-23-24-25-26-27-28-29-31-33-35-37-39-41-45(50)47-43(42-48)46(51)44(49)40-38-36-34-32-30-14-12-10-8-6-4-2/h43-44,46,48-49,51H,3-42H2,1-2H3,(H,47,50)/t43-,44+,46-/m0/s1. The van der Waals surface area contributed by atoms with Gasteiger partial charge in [-0.2, -0.15) is 0 Å². The Kier molecular flexibility index (Phi) is 41.6. The molecule has 0 radical (unpaired) electrons. The Morgan fingerprint density at radius 2 is 0.667 bits per heavy atom. The van der Waals surface area contributed by atoms with E-state index in [2.05, 4.69) is 19.2 Å². The molecule has 0 aromatic carbocycles. The number of aliphatic hydroxyl groups excluding tert-OH is 3. The zero-order valence-corrected chi connectivity index (χ0v) is 34.8. The third-order valence-electron chi connectivity index (χ3n) is 11.2. The minimum absolute atomic E-state index is 0.140. The SMILES string of the molecule is CCCCCCCCCCCCCCCCCCCCCCCCCCCCC(=O)N[C@@H](CO)[C@H](O)[C@H](O)CCCCCCCCCCCCC. The highest BCUT2D eigenvalue weighted by molar-refractivity contribution is 5.76. The van der Waals surface area contributed by atoms with Gasteiger partial charge in [-0.25, -0.2) is 0 Å². The summed E-state index contributed by atoms with van der Waals surface area (Å²) in [7, 11) is 0. The maximum Gasteiger partial charge on any atom is 0.220 e. The molecule has 0 saturated carbocycles. The van der Waals surface area contributed by atoms with Crippen LogP contribution in [0.25, 0.3) is 0 Å². The topological polar surface area (TPSA) is 89.8 Å². The Balaban J connectivity index is 3.48. The molecule has 0 aromatic heterocycles. The highest BCUT2D eigenvalue weighted by Crippen LogP contribution is 2.17. The first-order valence-corrected chi connectivity index (χ1v) is 23.3. The van der Waals surface area contributed by atoms with E-state index in [1.807, 2.05) is 0 Å². The van der Waals surface area contributed by atoms with Crippen LogP contribution in [0, 0.1) is 0 Å². The summed E-state index contributed by atoms with van der Waals surface area (Å²) in [5.74, 6) is -0.140. The molecule has 4 N–H and O–H groups in total. The Hall–Kier alpha value is -0.650. The quantitative estimate of drug-likeness (QED) is 0.0472. The lowest BCUT2D eigenvalue weighted by Crippen LogP contribution is -2.50. The van der Waals surface area contributed by atoms with Crippen molar-refractivity contribution in [2.45, 2.75) is 283 Å². The average molecular weight is 724 g/mol. The number of hydrogen-bond acceptors (Lipinski definition) is 4. The summed E-state index contributed by atoms with van der Waals surface area (Å²) >= 11 is 0. The largest absolute Gasteiger partial charge is 0.394 e. The second-order valence-corrected chi connectivity index (χ2v) is 16.3. The highest BCUT2D eigenvalue weighted by Gasteiger charge is 2.26. The van der Waals surface area contributed by atoms with Gasteiger partial charge in [0.1, 0.15) is 6.10 Å². The molecule has 0 heterocycles. The Morgan fingerprint density at radius 3 is 0.941 bits per heavy atom. The lowest BCUT2D eigenvalue weighted by atomic mass is 9.99. The normalized spacial score (nSPS) is 13.4. The summed E-state index contributed by atoms with van der Waals surface area (Å²) in [4.78, 5) is 12.4. The third-order valence-corrected chi connectivity index (χ3v) is 11.2. The fourth-order valence-corrected chi connectivity index (χ4v) is 7.58. The number of unbranched alkanes of at least 4 members (excludes halogenated alkanes) is 35. The van der Waals surface area contributed by atoms with Crippen molar-refractivity contribution in [1.82, 2.24) is 5.32 Å². The number of carbonyl (C=O) groups is 1. The van der Waals surface area contributed by atoms with Gasteiger partial charge in [-0.05, 0) is 12.8 Å². The van der Waals surface area contributed by atoms with E-state index in [4.69, 9.17) is 0 Å². The van der Waals surface area contributed by atoms with Gasteiger partial charge in [0.25, 0.3) is 0 Å². The van der Waals surface area contributed by atoms with Crippen molar-refractivity contribution in [2.24, 2.45) is 0 Å². The van der Waals surface area contributed by atoms with Crippen LogP contribution < -0.4 is 5.32 Å². The number of hydrogen-bond donors (Lipinski definition) is 4. The molecule has 0 spiro atoms. The van der Waals surface area contributed by atoms with Gasteiger partial charge in [0.15, 0.2) is 0 Å². The lowest BCUT2D eigenvalue weighted by molar-refractivity contribution is -0.124. The van der Waals surface area contributed by atoms with Crippen molar-refractivity contribution in [3.05, 3.63) is 0 Å². The van der Waals surface area contributed by atoms with Gasteiger partial charge in [-0.1, -0.05) is 245 Å². The van der Waals surface area contributed by atoms with Crippen LogP contribution in [0.2, 0.25) is 0 Å². The molecule has 0 unspecified atom stereocenters. The van der Waals surface area contributed by atoms with Crippen molar-refractivity contribution in [3.8, 4) is 0 Å². The molecular formula is C46H93NO4. The zero-order chi connectivity index (χ0) is 37.3. The molecule has 0 aliphatic heterocycles. The predicted molar refractivity (Wildman–Crippen MR) is 222 cm³/mol. The summed E-state index contributed by atoms with van der Waals surface area (Å²) in [6.45, 7) is 4.19. The average Bonchev–Trinajstić information content (AvgIpc) is 3.13. The first-order valence-electron chi connectivity index (χ1n) is 23.3. The van der Waals surface area contributed by atoms with Crippen LogP contribution in [-0.2, 0) is 4.79 Å². The van der Waals surface area contributed by atoms with Crippen LogP contribution >= 0.6 is 0 Å². The van der Waals surface area contributed by atoms with Gasteiger partial charge in [0.05, 0.1) is 18.8 Å². The van der Waals surface area contributed by atoms with Crippen LogP contribution in [0.5, 0.6) is 0 Å².